The van der Waals surface area contributed by atoms with Gasteiger partial charge in [0.15, 0.2) is 0 Å². The molecule has 1 heterocycles. The van der Waals surface area contributed by atoms with Crippen LogP contribution >= 0.6 is 0 Å². The molecule has 19 heavy (non-hydrogen) atoms. The van der Waals surface area contributed by atoms with Crippen LogP contribution in [-0.4, -0.2) is 17.1 Å². The SMILES string of the molecule is COc1ccc2c(c1)C(N)(c1cncnc1)CCC2. The van der Waals surface area contributed by atoms with E-state index >= 15 is 0 Å². The van der Waals surface area contributed by atoms with Crippen LogP contribution in [0.15, 0.2) is 36.9 Å². The molecule has 3 rings (SSSR count). The zero-order valence-electron chi connectivity index (χ0n) is 11.0. The third kappa shape index (κ3) is 1.98. The summed E-state index contributed by atoms with van der Waals surface area (Å²) in [5.74, 6) is 0.840. The molecule has 1 aromatic heterocycles. The third-order valence-electron chi connectivity index (χ3n) is 3.89. The van der Waals surface area contributed by atoms with Crippen LogP contribution in [0.1, 0.15) is 29.5 Å². The van der Waals surface area contributed by atoms with Crippen LogP contribution in [-0.2, 0) is 12.0 Å². The Balaban J connectivity index is 2.15. The third-order valence-corrected chi connectivity index (χ3v) is 3.89. The van der Waals surface area contributed by atoms with Crippen molar-refractivity contribution in [1.82, 2.24) is 9.97 Å². The molecule has 0 aliphatic heterocycles. The number of benzene rings is 1. The highest BCUT2D eigenvalue weighted by Crippen LogP contribution is 2.39. The fourth-order valence-corrected chi connectivity index (χ4v) is 2.84. The van der Waals surface area contributed by atoms with Crippen LogP contribution in [0, 0.1) is 0 Å². The second-order valence-corrected chi connectivity index (χ2v) is 4.98. The average molecular weight is 255 g/mol. The van der Waals surface area contributed by atoms with E-state index in [1.165, 1.54) is 11.9 Å². The Morgan fingerprint density at radius 2 is 2.05 bits per heavy atom. The Morgan fingerprint density at radius 1 is 1.26 bits per heavy atom. The lowest BCUT2D eigenvalue weighted by Crippen LogP contribution is -2.41. The summed E-state index contributed by atoms with van der Waals surface area (Å²) in [5, 5.41) is 0. The van der Waals surface area contributed by atoms with Crippen LogP contribution in [0.2, 0.25) is 0 Å². The summed E-state index contributed by atoms with van der Waals surface area (Å²) in [6.07, 6.45) is 8.18. The second-order valence-electron chi connectivity index (χ2n) is 4.98. The molecule has 1 aliphatic rings. The standard InChI is InChI=1S/C15H17N3O/c1-19-13-5-4-11-3-2-6-15(16,14(11)7-13)12-8-17-10-18-9-12/h4-5,7-10H,2-3,6,16H2,1H3. The summed E-state index contributed by atoms with van der Waals surface area (Å²) in [5.41, 5.74) is 9.55. The van der Waals surface area contributed by atoms with E-state index in [1.807, 2.05) is 24.5 Å². The minimum Gasteiger partial charge on any atom is -0.497 e. The molecule has 0 bridgehead atoms. The first-order valence-electron chi connectivity index (χ1n) is 6.46. The molecule has 0 radical (unpaired) electrons. The van der Waals surface area contributed by atoms with Gasteiger partial charge in [0.05, 0.1) is 12.6 Å². The van der Waals surface area contributed by atoms with Gasteiger partial charge in [0, 0.05) is 18.0 Å². The van der Waals surface area contributed by atoms with Crippen molar-refractivity contribution in [2.45, 2.75) is 24.8 Å². The van der Waals surface area contributed by atoms with Crippen molar-refractivity contribution in [1.29, 1.82) is 0 Å². The first-order chi connectivity index (χ1) is 9.24. The maximum absolute atomic E-state index is 6.68. The monoisotopic (exact) mass is 255 g/mol. The normalized spacial score (nSPS) is 21.8. The largest absolute Gasteiger partial charge is 0.497 e. The highest BCUT2D eigenvalue weighted by Gasteiger charge is 2.35. The number of hydrogen-bond acceptors (Lipinski definition) is 4. The molecule has 0 amide bonds. The van der Waals surface area contributed by atoms with Gasteiger partial charge in [0.2, 0.25) is 0 Å². The molecule has 1 aliphatic carbocycles. The molecule has 0 fully saturated rings. The molecule has 98 valence electrons. The molecule has 1 atom stereocenters. The summed E-state index contributed by atoms with van der Waals surface area (Å²) >= 11 is 0. The highest BCUT2D eigenvalue weighted by atomic mass is 16.5. The Morgan fingerprint density at radius 3 is 2.79 bits per heavy atom. The summed E-state index contributed by atoms with van der Waals surface area (Å²) in [6.45, 7) is 0. The summed E-state index contributed by atoms with van der Waals surface area (Å²) in [6, 6.07) is 6.15. The molecular weight excluding hydrogens is 238 g/mol. The molecular formula is C15H17N3O. The predicted octanol–water partition coefficient (Wildman–Crippen LogP) is 2.02. The van der Waals surface area contributed by atoms with Gasteiger partial charge in [-0.2, -0.15) is 0 Å². The summed E-state index contributed by atoms with van der Waals surface area (Å²) in [7, 11) is 1.67. The van der Waals surface area contributed by atoms with Crippen molar-refractivity contribution in [3.8, 4) is 5.75 Å². The van der Waals surface area contributed by atoms with Gasteiger partial charge in [-0.25, -0.2) is 9.97 Å². The molecule has 4 heteroatoms. The minimum atomic E-state index is -0.511. The van der Waals surface area contributed by atoms with Crippen molar-refractivity contribution in [3.05, 3.63) is 53.6 Å². The Kier molecular flexibility index (Phi) is 2.95. The lowest BCUT2D eigenvalue weighted by molar-refractivity contribution is 0.404. The number of aryl methyl sites for hydroxylation is 1. The number of fused-ring (bicyclic) bond motifs is 1. The van der Waals surface area contributed by atoms with Crippen LogP contribution in [0.4, 0.5) is 0 Å². The van der Waals surface area contributed by atoms with Gasteiger partial charge in [0.1, 0.15) is 12.1 Å². The molecule has 2 aromatic rings. The Hall–Kier alpha value is -1.94. The van der Waals surface area contributed by atoms with E-state index in [9.17, 15) is 0 Å². The van der Waals surface area contributed by atoms with Crippen molar-refractivity contribution >= 4 is 0 Å². The molecule has 0 spiro atoms. The van der Waals surface area contributed by atoms with Crippen LogP contribution in [0.5, 0.6) is 5.75 Å². The van der Waals surface area contributed by atoms with E-state index in [0.717, 1.165) is 36.1 Å². The van der Waals surface area contributed by atoms with E-state index in [4.69, 9.17) is 10.5 Å². The molecule has 2 N–H and O–H groups in total. The first kappa shape index (κ1) is 12.1. The minimum absolute atomic E-state index is 0.511. The lowest BCUT2D eigenvalue weighted by atomic mass is 9.74. The van der Waals surface area contributed by atoms with E-state index < -0.39 is 5.54 Å². The van der Waals surface area contributed by atoms with Gasteiger partial charge in [-0.05, 0) is 42.5 Å². The van der Waals surface area contributed by atoms with Crippen LogP contribution < -0.4 is 10.5 Å². The first-order valence-corrected chi connectivity index (χ1v) is 6.46. The Labute approximate surface area is 112 Å². The number of rotatable bonds is 2. The number of nitrogens with zero attached hydrogens (tertiary/aromatic N) is 2. The van der Waals surface area contributed by atoms with E-state index in [-0.39, 0.29) is 0 Å². The quantitative estimate of drug-likeness (QED) is 0.892. The van der Waals surface area contributed by atoms with Crippen LogP contribution in [0.3, 0.4) is 0 Å². The molecule has 1 unspecified atom stereocenters. The van der Waals surface area contributed by atoms with Gasteiger partial charge in [-0.3, -0.25) is 0 Å². The Bertz CT molecular complexity index is 585. The topological polar surface area (TPSA) is 61.0 Å². The summed E-state index contributed by atoms with van der Waals surface area (Å²) in [4.78, 5) is 8.20. The number of ether oxygens (including phenoxy) is 1. The maximum atomic E-state index is 6.68. The molecule has 4 nitrogen and oxygen atoms in total. The maximum Gasteiger partial charge on any atom is 0.119 e. The highest BCUT2D eigenvalue weighted by molar-refractivity contribution is 5.46. The average Bonchev–Trinajstić information content (AvgIpc) is 2.48. The van der Waals surface area contributed by atoms with Crippen molar-refractivity contribution in [3.63, 3.8) is 0 Å². The van der Waals surface area contributed by atoms with E-state index in [0.29, 0.717) is 0 Å². The van der Waals surface area contributed by atoms with Gasteiger partial charge >= 0.3 is 0 Å². The van der Waals surface area contributed by atoms with E-state index in [2.05, 4.69) is 16.0 Å². The second kappa shape index (κ2) is 4.63. The fourth-order valence-electron chi connectivity index (χ4n) is 2.84. The van der Waals surface area contributed by atoms with Crippen molar-refractivity contribution in [2.24, 2.45) is 5.73 Å². The predicted molar refractivity (Wildman–Crippen MR) is 72.9 cm³/mol. The number of hydrogen-bond donors (Lipinski definition) is 1. The van der Waals surface area contributed by atoms with Crippen molar-refractivity contribution in [2.75, 3.05) is 7.11 Å². The van der Waals surface area contributed by atoms with Gasteiger partial charge in [-0.15, -0.1) is 0 Å². The molecule has 1 aromatic carbocycles. The number of nitrogens with two attached hydrogens (primary N) is 1. The summed E-state index contributed by atoms with van der Waals surface area (Å²) < 4.78 is 5.32. The zero-order chi connectivity index (χ0) is 13.3. The fraction of sp³-hybridized carbons (Fsp3) is 0.333. The molecule has 0 saturated heterocycles. The number of aromatic nitrogens is 2. The van der Waals surface area contributed by atoms with Crippen molar-refractivity contribution < 1.29 is 4.74 Å². The molecule has 0 saturated carbocycles. The van der Waals surface area contributed by atoms with Gasteiger partial charge in [0.25, 0.3) is 0 Å². The van der Waals surface area contributed by atoms with Gasteiger partial charge in [-0.1, -0.05) is 6.07 Å². The van der Waals surface area contributed by atoms with E-state index in [1.54, 1.807) is 7.11 Å². The zero-order valence-corrected chi connectivity index (χ0v) is 11.0. The van der Waals surface area contributed by atoms with Gasteiger partial charge < -0.3 is 10.5 Å². The van der Waals surface area contributed by atoms with Crippen LogP contribution in [0.25, 0.3) is 0 Å². The smallest absolute Gasteiger partial charge is 0.119 e. The lowest BCUT2D eigenvalue weighted by Gasteiger charge is -2.36. The number of methoxy groups -OCH3 is 1.